The Morgan fingerprint density at radius 2 is 1.89 bits per heavy atom. The van der Waals surface area contributed by atoms with Gasteiger partial charge in [0.1, 0.15) is 17.5 Å². The van der Waals surface area contributed by atoms with Gasteiger partial charge in [-0.25, -0.2) is 4.98 Å². The van der Waals surface area contributed by atoms with E-state index in [1.54, 1.807) is 42.9 Å². The highest BCUT2D eigenvalue weighted by Crippen LogP contribution is 2.30. The van der Waals surface area contributed by atoms with Crippen LogP contribution in [0.4, 0.5) is 5.69 Å². The number of nitrogens with zero attached hydrogens (tertiary/aromatic N) is 3. The van der Waals surface area contributed by atoms with Gasteiger partial charge in [0.05, 0.1) is 50.4 Å². The Bertz CT molecular complexity index is 1350. The van der Waals surface area contributed by atoms with E-state index < -0.39 is 6.04 Å². The first kappa shape index (κ1) is 24.6. The van der Waals surface area contributed by atoms with Crippen molar-refractivity contribution >= 4 is 28.3 Å². The monoisotopic (exact) mass is 489 g/mol. The molecule has 1 aromatic carbocycles. The third-order valence-electron chi connectivity index (χ3n) is 5.56. The predicted octanol–water partition coefficient (Wildman–Crippen LogP) is 4.50. The molecule has 0 amide bonds. The first-order chi connectivity index (χ1) is 17.5. The zero-order valence-electron chi connectivity index (χ0n) is 20.3. The Morgan fingerprint density at radius 3 is 2.61 bits per heavy atom. The zero-order chi connectivity index (χ0) is 25.5. The van der Waals surface area contributed by atoms with E-state index in [0.717, 1.165) is 18.4 Å². The normalized spacial score (nSPS) is 11.6. The third kappa shape index (κ3) is 5.60. The SMILES string of the molecule is CCCCC(=O)Oc1ccc2[nH]cc(C(=O)C(Nc3cncc(OC)c3)c3cnc(OC)cn3)c2c1. The number of ketones is 1. The van der Waals surface area contributed by atoms with Crippen molar-refractivity contribution in [2.75, 3.05) is 19.5 Å². The second kappa shape index (κ2) is 11.3. The molecule has 0 aliphatic carbocycles. The minimum absolute atomic E-state index is 0.266. The molecule has 0 saturated carbocycles. The zero-order valence-corrected chi connectivity index (χ0v) is 20.3. The minimum atomic E-state index is -0.896. The summed E-state index contributed by atoms with van der Waals surface area (Å²) in [6.45, 7) is 2.01. The highest BCUT2D eigenvalue weighted by Gasteiger charge is 2.27. The smallest absolute Gasteiger partial charge is 0.311 e. The van der Waals surface area contributed by atoms with Gasteiger partial charge in [-0.15, -0.1) is 0 Å². The van der Waals surface area contributed by atoms with E-state index in [9.17, 15) is 9.59 Å². The number of esters is 1. The van der Waals surface area contributed by atoms with Crippen LogP contribution in [0, 0.1) is 0 Å². The number of benzene rings is 1. The van der Waals surface area contributed by atoms with Gasteiger partial charge < -0.3 is 24.5 Å². The number of aromatic nitrogens is 4. The average molecular weight is 490 g/mol. The van der Waals surface area contributed by atoms with Crippen molar-refractivity contribution in [1.82, 2.24) is 19.9 Å². The lowest BCUT2D eigenvalue weighted by Gasteiger charge is -2.18. The number of Topliss-reactive ketones (excluding diaryl/α,β-unsaturated/α-hetero) is 1. The Kier molecular flexibility index (Phi) is 7.74. The summed E-state index contributed by atoms with van der Waals surface area (Å²) in [6, 6.07) is 5.99. The number of hydrogen-bond acceptors (Lipinski definition) is 9. The van der Waals surface area contributed by atoms with Crippen molar-refractivity contribution in [1.29, 1.82) is 0 Å². The number of carbonyl (C=O) groups is 2. The maximum Gasteiger partial charge on any atom is 0.311 e. The molecule has 0 saturated heterocycles. The van der Waals surface area contributed by atoms with Crippen LogP contribution in [0.25, 0.3) is 10.9 Å². The fourth-order valence-electron chi connectivity index (χ4n) is 3.66. The molecular formula is C26H27N5O5. The molecule has 4 rings (SSSR count). The van der Waals surface area contributed by atoms with Crippen LogP contribution >= 0.6 is 0 Å². The number of ether oxygens (including phenoxy) is 3. The molecule has 2 N–H and O–H groups in total. The van der Waals surface area contributed by atoms with Gasteiger partial charge in [-0.3, -0.25) is 19.6 Å². The molecule has 0 aliphatic heterocycles. The number of hydrogen-bond donors (Lipinski definition) is 2. The van der Waals surface area contributed by atoms with Gasteiger partial charge in [0.2, 0.25) is 5.88 Å². The molecule has 10 nitrogen and oxygen atoms in total. The summed E-state index contributed by atoms with van der Waals surface area (Å²) in [7, 11) is 3.03. The Balaban J connectivity index is 1.69. The van der Waals surface area contributed by atoms with E-state index in [1.165, 1.54) is 26.6 Å². The third-order valence-corrected chi connectivity index (χ3v) is 5.56. The molecule has 0 aliphatic rings. The van der Waals surface area contributed by atoms with Crippen LogP contribution < -0.4 is 19.5 Å². The van der Waals surface area contributed by atoms with Crippen molar-refractivity contribution in [2.45, 2.75) is 32.2 Å². The van der Waals surface area contributed by atoms with Gasteiger partial charge >= 0.3 is 5.97 Å². The molecule has 4 aromatic rings. The maximum atomic E-state index is 13.9. The number of fused-ring (bicyclic) bond motifs is 1. The van der Waals surface area contributed by atoms with Crippen molar-refractivity contribution in [3.63, 3.8) is 0 Å². The van der Waals surface area contributed by atoms with Crippen LogP contribution in [0.5, 0.6) is 17.4 Å². The number of unbranched alkanes of at least 4 members (excludes halogenated alkanes) is 1. The summed E-state index contributed by atoms with van der Waals surface area (Å²) in [6.07, 6.45) is 9.71. The van der Waals surface area contributed by atoms with Crippen molar-refractivity contribution < 1.29 is 23.8 Å². The predicted molar refractivity (Wildman–Crippen MR) is 134 cm³/mol. The summed E-state index contributed by atoms with van der Waals surface area (Å²) in [5, 5.41) is 3.82. The Hall–Kier alpha value is -4.47. The first-order valence-corrected chi connectivity index (χ1v) is 11.5. The molecule has 1 atom stereocenters. The largest absolute Gasteiger partial charge is 0.495 e. The van der Waals surface area contributed by atoms with Crippen molar-refractivity contribution in [3.8, 4) is 17.4 Å². The van der Waals surface area contributed by atoms with E-state index in [2.05, 4.69) is 25.3 Å². The van der Waals surface area contributed by atoms with E-state index in [0.29, 0.717) is 46.1 Å². The lowest BCUT2D eigenvalue weighted by Crippen LogP contribution is -2.22. The van der Waals surface area contributed by atoms with E-state index in [4.69, 9.17) is 14.2 Å². The van der Waals surface area contributed by atoms with Crippen LogP contribution in [0.15, 0.2) is 55.2 Å². The molecule has 0 spiro atoms. The summed E-state index contributed by atoms with van der Waals surface area (Å²) >= 11 is 0. The lowest BCUT2D eigenvalue weighted by atomic mass is 10.0. The van der Waals surface area contributed by atoms with E-state index >= 15 is 0 Å². The number of nitrogens with one attached hydrogen (secondary N) is 2. The van der Waals surface area contributed by atoms with Gasteiger partial charge in [-0.1, -0.05) is 13.3 Å². The molecular weight excluding hydrogens is 462 g/mol. The fourth-order valence-corrected chi connectivity index (χ4v) is 3.66. The van der Waals surface area contributed by atoms with Crippen LogP contribution in [0.1, 0.15) is 48.3 Å². The number of rotatable bonds is 11. The molecule has 0 bridgehead atoms. The minimum Gasteiger partial charge on any atom is -0.495 e. The number of aromatic amines is 1. The second-order valence-electron chi connectivity index (χ2n) is 8.03. The summed E-state index contributed by atoms with van der Waals surface area (Å²) in [4.78, 5) is 41.8. The molecule has 0 radical (unpaired) electrons. The Morgan fingerprint density at radius 1 is 1.03 bits per heavy atom. The van der Waals surface area contributed by atoms with Gasteiger partial charge in [-0.05, 0) is 24.6 Å². The molecule has 1 unspecified atom stereocenters. The lowest BCUT2D eigenvalue weighted by molar-refractivity contribution is -0.134. The topological polar surface area (TPSA) is 128 Å². The summed E-state index contributed by atoms with van der Waals surface area (Å²) in [5.74, 6) is 0.669. The van der Waals surface area contributed by atoms with Crippen LogP contribution in [0.3, 0.4) is 0 Å². The molecule has 0 fully saturated rings. The standard InChI is InChI=1S/C26H27N5O5/c1-4-5-6-24(32)36-17-7-8-21-19(10-17)20(13-28-21)26(33)25(22-14-30-23(35-3)15-29-22)31-16-9-18(34-2)12-27-11-16/h7-15,25,28,31H,4-6H2,1-3H3. The Labute approximate surface area is 208 Å². The number of methoxy groups -OCH3 is 2. The first-order valence-electron chi connectivity index (χ1n) is 11.5. The van der Waals surface area contributed by atoms with Gasteiger partial charge in [0.25, 0.3) is 0 Å². The van der Waals surface area contributed by atoms with Crippen LogP contribution in [0.2, 0.25) is 0 Å². The van der Waals surface area contributed by atoms with Crippen LogP contribution in [-0.2, 0) is 4.79 Å². The number of pyridine rings is 1. The summed E-state index contributed by atoms with van der Waals surface area (Å²) < 4.78 is 15.8. The molecule has 36 heavy (non-hydrogen) atoms. The summed E-state index contributed by atoms with van der Waals surface area (Å²) in [5.41, 5.74) is 2.09. The van der Waals surface area contributed by atoms with E-state index in [-0.39, 0.29) is 11.8 Å². The second-order valence-corrected chi connectivity index (χ2v) is 8.03. The molecule has 3 heterocycles. The highest BCUT2D eigenvalue weighted by molar-refractivity contribution is 6.11. The quantitative estimate of drug-likeness (QED) is 0.178. The number of H-pyrrole nitrogens is 1. The van der Waals surface area contributed by atoms with Crippen LogP contribution in [-0.4, -0.2) is 45.9 Å². The van der Waals surface area contributed by atoms with Gasteiger partial charge in [-0.2, -0.15) is 0 Å². The van der Waals surface area contributed by atoms with E-state index in [1.807, 2.05) is 6.92 Å². The maximum absolute atomic E-state index is 13.9. The molecule has 3 aromatic heterocycles. The molecule has 186 valence electrons. The number of anilines is 1. The molecule has 10 heteroatoms. The van der Waals surface area contributed by atoms with Gasteiger partial charge in [0, 0.05) is 35.2 Å². The van der Waals surface area contributed by atoms with Crippen molar-refractivity contribution in [2.24, 2.45) is 0 Å². The van der Waals surface area contributed by atoms with Crippen molar-refractivity contribution in [3.05, 3.63) is 66.5 Å². The number of carbonyl (C=O) groups excluding carboxylic acids is 2. The average Bonchev–Trinajstić information content (AvgIpc) is 3.33. The fraction of sp³-hybridized carbons (Fsp3) is 0.269. The van der Waals surface area contributed by atoms with Gasteiger partial charge in [0.15, 0.2) is 5.78 Å². The highest BCUT2D eigenvalue weighted by atomic mass is 16.5.